The van der Waals surface area contributed by atoms with E-state index in [-0.39, 0.29) is 23.4 Å². The highest BCUT2D eigenvalue weighted by atomic mass is 16.1. The third-order valence-corrected chi connectivity index (χ3v) is 6.66. The zero-order valence-electron chi connectivity index (χ0n) is 17.4. The summed E-state index contributed by atoms with van der Waals surface area (Å²) in [5, 5.41) is 0. The van der Waals surface area contributed by atoms with Crippen molar-refractivity contribution < 1.29 is 9.59 Å². The van der Waals surface area contributed by atoms with Gasteiger partial charge >= 0.3 is 0 Å². The molecule has 2 nitrogen and oxygen atoms in total. The lowest BCUT2D eigenvalue weighted by atomic mass is 9.59. The number of benzene rings is 4. The van der Waals surface area contributed by atoms with Crippen LogP contribution in [0.25, 0.3) is 0 Å². The first-order chi connectivity index (χ1) is 15.8. The maximum atomic E-state index is 13.9. The normalized spacial score (nSPS) is 18.1. The average Bonchev–Trinajstić information content (AvgIpc) is 2.88. The molecule has 0 amide bonds. The van der Waals surface area contributed by atoms with E-state index in [1.807, 2.05) is 84.9 Å². The standard InChI is InChI=1S/C30H20O2/c31-29(19-11-3-1-4-12-19)27-25-21-15-7-9-17-23(21)26(24-18-10-8-16-22(24)25)28(27)30(32)20-13-5-2-6-14-20/h1-18,25-26H. The van der Waals surface area contributed by atoms with Crippen LogP contribution < -0.4 is 0 Å². The Morgan fingerprint density at radius 1 is 0.406 bits per heavy atom. The van der Waals surface area contributed by atoms with Gasteiger partial charge in [-0.15, -0.1) is 0 Å². The van der Waals surface area contributed by atoms with E-state index in [9.17, 15) is 9.59 Å². The van der Waals surface area contributed by atoms with E-state index in [2.05, 4.69) is 24.3 Å². The van der Waals surface area contributed by atoms with Gasteiger partial charge in [0.05, 0.1) is 0 Å². The average molecular weight is 412 g/mol. The Labute approximate surface area is 186 Å². The van der Waals surface area contributed by atoms with Crippen LogP contribution in [0, 0.1) is 0 Å². The van der Waals surface area contributed by atoms with E-state index >= 15 is 0 Å². The number of allylic oxidation sites excluding steroid dienone is 2. The Kier molecular flexibility index (Phi) is 4.26. The number of ketones is 2. The van der Waals surface area contributed by atoms with Crippen molar-refractivity contribution in [2.24, 2.45) is 0 Å². The van der Waals surface area contributed by atoms with Gasteiger partial charge in [-0.05, 0) is 22.3 Å². The lowest BCUT2D eigenvalue weighted by Gasteiger charge is -2.42. The van der Waals surface area contributed by atoms with Gasteiger partial charge in [0.15, 0.2) is 11.6 Å². The molecule has 3 aliphatic rings. The molecule has 4 aromatic rings. The molecule has 0 aliphatic heterocycles. The van der Waals surface area contributed by atoms with Crippen LogP contribution in [0.4, 0.5) is 0 Å². The van der Waals surface area contributed by atoms with Gasteiger partial charge in [0.25, 0.3) is 0 Å². The number of carbonyl (C=O) groups is 2. The van der Waals surface area contributed by atoms with Crippen molar-refractivity contribution in [2.45, 2.75) is 11.8 Å². The van der Waals surface area contributed by atoms with Crippen LogP contribution >= 0.6 is 0 Å². The lowest BCUT2D eigenvalue weighted by Crippen LogP contribution is -2.34. The van der Waals surface area contributed by atoms with Crippen LogP contribution in [0.5, 0.6) is 0 Å². The van der Waals surface area contributed by atoms with E-state index in [4.69, 9.17) is 0 Å². The Bertz CT molecular complexity index is 1240. The minimum atomic E-state index is -0.247. The second kappa shape index (κ2) is 7.28. The molecule has 0 atom stereocenters. The quantitative estimate of drug-likeness (QED) is 0.367. The zero-order chi connectivity index (χ0) is 21.7. The largest absolute Gasteiger partial charge is 0.289 e. The first-order valence-electron chi connectivity index (χ1n) is 10.9. The van der Waals surface area contributed by atoms with Crippen LogP contribution in [0.15, 0.2) is 120 Å². The Morgan fingerprint density at radius 3 is 1.00 bits per heavy atom. The molecular formula is C30H20O2. The highest BCUT2D eigenvalue weighted by Crippen LogP contribution is 2.56. The van der Waals surface area contributed by atoms with E-state index in [1.165, 1.54) is 0 Å². The molecule has 0 heterocycles. The summed E-state index contributed by atoms with van der Waals surface area (Å²) in [5.74, 6) is -0.627. The summed E-state index contributed by atoms with van der Waals surface area (Å²) in [7, 11) is 0. The maximum absolute atomic E-state index is 13.9. The van der Waals surface area contributed by atoms with Crippen molar-refractivity contribution in [1.82, 2.24) is 0 Å². The number of hydrogen-bond donors (Lipinski definition) is 0. The fourth-order valence-electron chi connectivity index (χ4n) is 5.34. The van der Waals surface area contributed by atoms with E-state index in [1.54, 1.807) is 0 Å². The molecule has 0 spiro atoms. The summed E-state index contributed by atoms with van der Waals surface area (Å²) in [6.45, 7) is 0. The van der Waals surface area contributed by atoms with Gasteiger partial charge in [-0.3, -0.25) is 9.59 Å². The third-order valence-electron chi connectivity index (χ3n) is 6.66. The van der Waals surface area contributed by atoms with Gasteiger partial charge in [0.2, 0.25) is 0 Å². The third kappa shape index (κ3) is 2.66. The lowest BCUT2D eigenvalue weighted by molar-refractivity contribution is 0.0988. The van der Waals surface area contributed by atoms with Crippen molar-refractivity contribution in [3.05, 3.63) is 154 Å². The Morgan fingerprint density at radius 2 is 0.688 bits per heavy atom. The minimum Gasteiger partial charge on any atom is -0.289 e. The minimum absolute atomic E-state index is 0.0658. The molecule has 0 aromatic heterocycles. The second-order valence-electron chi connectivity index (χ2n) is 8.34. The molecule has 0 saturated heterocycles. The van der Waals surface area contributed by atoms with Crippen molar-refractivity contribution in [1.29, 1.82) is 0 Å². The molecule has 0 fully saturated rings. The maximum Gasteiger partial charge on any atom is 0.190 e. The Balaban J connectivity index is 1.67. The predicted molar refractivity (Wildman–Crippen MR) is 125 cm³/mol. The zero-order valence-corrected chi connectivity index (χ0v) is 17.4. The first-order valence-corrected chi connectivity index (χ1v) is 10.9. The molecule has 0 unspecified atom stereocenters. The monoisotopic (exact) mass is 412 g/mol. The second-order valence-corrected chi connectivity index (χ2v) is 8.34. The predicted octanol–water partition coefficient (Wildman–Crippen LogP) is 6.34. The van der Waals surface area contributed by atoms with Crippen LogP contribution in [0.3, 0.4) is 0 Å². The summed E-state index contributed by atoms with van der Waals surface area (Å²) in [6, 6.07) is 35.1. The van der Waals surface area contributed by atoms with Crippen molar-refractivity contribution in [2.75, 3.05) is 0 Å². The summed E-state index contributed by atoms with van der Waals surface area (Å²) in [6.07, 6.45) is 0. The van der Waals surface area contributed by atoms with Crippen LogP contribution in [0.2, 0.25) is 0 Å². The van der Waals surface area contributed by atoms with E-state index in [0.29, 0.717) is 22.3 Å². The molecule has 4 aromatic carbocycles. The first kappa shape index (κ1) is 18.7. The van der Waals surface area contributed by atoms with Crippen molar-refractivity contribution in [3.63, 3.8) is 0 Å². The molecule has 152 valence electrons. The van der Waals surface area contributed by atoms with Crippen molar-refractivity contribution >= 4 is 11.6 Å². The van der Waals surface area contributed by atoms with Gasteiger partial charge in [0, 0.05) is 34.1 Å². The summed E-state index contributed by atoms with van der Waals surface area (Å²) < 4.78 is 0. The number of hydrogen-bond acceptors (Lipinski definition) is 2. The number of Topliss-reactive ketones (excluding diaryl/α,β-unsaturated/α-hetero) is 2. The molecule has 0 N–H and O–H groups in total. The highest BCUT2D eigenvalue weighted by Gasteiger charge is 2.47. The molecule has 2 heteroatoms. The van der Waals surface area contributed by atoms with Gasteiger partial charge in [-0.1, -0.05) is 109 Å². The Hall–Kier alpha value is -4.04. The van der Waals surface area contributed by atoms with Gasteiger partial charge in [0.1, 0.15) is 0 Å². The summed E-state index contributed by atoms with van der Waals surface area (Å²) in [4.78, 5) is 27.9. The van der Waals surface area contributed by atoms with Gasteiger partial charge < -0.3 is 0 Å². The molecule has 7 rings (SSSR count). The van der Waals surface area contributed by atoms with Crippen molar-refractivity contribution in [3.8, 4) is 0 Å². The number of rotatable bonds is 4. The van der Waals surface area contributed by atoms with Crippen LogP contribution in [0.1, 0.15) is 54.8 Å². The van der Waals surface area contributed by atoms with Crippen LogP contribution in [-0.4, -0.2) is 11.6 Å². The van der Waals surface area contributed by atoms with E-state index in [0.717, 1.165) is 22.3 Å². The van der Waals surface area contributed by atoms with E-state index < -0.39 is 0 Å². The molecule has 2 bridgehead atoms. The smallest absolute Gasteiger partial charge is 0.190 e. The summed E-state index contributed by atoms with van der Waals surface area (Å²) >= 11 is 0. The molecule has 32 heavy (non-hydrogen) atoms. The highest BCUT2D eigenvalue weighted by molar-refractivity contribution is 6.21. The molecule has 0 radical (unpaired) electrons. The SMILES string of the molecule is O=C(C1=C(C(=O)c2ccccc2)C2c3ccccc3C1c1ccccc12)c1ccccc1. The molecule has 0 saturated carbocycles. The number of carbonyl (C=O) groups excluding carboxylic acids is 2. The molecular weight excluding hydrogens is 392 g/mol. The molecule has 3 aliphatic carbocycles. The van der Waals surface area contributed by atoms with Gasteiger partial charge in [-0.25, -0.2) is 0 Å². The fraction of sp³-hybridized carbons (Fsp3) is 0.0667. The fourth-order valence-corrected chi connectivity index (χ4v) is 5.34. The van der Waals surface area contributed by atoms with Crippen LogP contribution in [-0.2, 0) is 0 Å². The van der Waals surface area contributed by atoms with Gasteiger partial charge in [-0.2, -0.15) is 0 Å². The summed E-state index contributed by atoms with van der Waals surface area (Å²) in [5.41, 5.74) is 6.96. The topological polar surface area (TPSA) is 34.1 Å².